The summed E-state index contributed by atoms with van der Waals surface area (Å²) in [5, 5.41) is 20.9. The smallest absolute Gasteiger partial charge is 0.273 e. The molecule has 1 N–H and O–H groups in total. The maximum Gasteiger partial charge on any atom is 0.273 e. The van der Waals surface area contributed by atoms with Gasteiger partial charge in [-0.2, -0.15) is 0 Å². The van der Waals surface area contributed by atoms with Crippen molar-refractivity contribution in [1.82, 2.24) is 0 Å². The lowest BCUT2D eigenvalue weighted by Gasteiger charge is -2.16. The van der Waals surface area contributed by atoms with E-state index in [2.05, 4.69) is 0 Å². The molecule has 0 fully saturated rings. The Morgan fingerprint density at radius 3 is 2.61 bits per heavy atom. The van der Waals surface area contributed by atoms with Crippen LogP contribution in [0.2, 0.25) is 0 Å². The van der Waals surface area contributed by atoms with Crippen LogP contribution in [0.5, 0.6) is 11.5 Å². The molecule has 0 radical (unpaired) electrons. The Kier molecular flexibility index (Phi) is 5.13. The van der Waals surface area contributed by atoms with E-state index in [1.165, 1.54) is 43.5 Å². The van der Waals surface area contributed by atoms with Crippen molar-refractivity contribution in [3.63, 3.8) is 0 Å². The molecule has 1 unspecified atom stereocenters. The van der Waals surface area contributed by atoms with Gasteiger partial charge in [0.25, 0.3) is 5.69 Å². The van der Waals surface area contributed by atoms with Gasteiger partial charge >= 0.3 is 0 Å². The Morgan fingerprint density at radius 1 is 1.26 bits per heavy atom. The summed E-state index contributed by atoms with van der Waals surface area (Å²) in [6.07, 6.45) is -0.963. The van der Waals surface area contributed by atoms with Crippen molar-refractivity contribution in [1.29, 1.82) is 0 Å². The monoisotopic (exact) mass is 321 g/mol. The largest absolute Gasteiger partial charge is 0.493 e. The van der Waals surface area contributed by atoms with E-state index in [-0.39, 0.29) is 29.6 Å². The lowest BCUT2D eigenvalue weighted by atomic mass is 10.0. The third-order valence-electron chi connectivity index (χ3n) is 3.35. The normalized spacial score (nSPS) is 11.8. The lowest BCUT2D eigenvalue weighted by Crippen LogP contribution is -2.11. The van der Waals surface area contributed by atoms with Crippen molar-refractivity contribution in [2.75, 3.05) is 13.7 Å². The molecule has 0 bridgehead atoms. The number of hydrogen-bond acceptors (Lipinski definition) is 5. The van der Waals surface area contributed by atoms with Crippen LogP contribution in [0.3, 0.4) is 0 Å². The van der Waals surface area contributed by atoms with Crippen molar-refractivity contribution < 1.29 is 23.9 Å². The van der Waals surface area contributed by atoms with Gasteiger partial charge in [-0.05, 0) is 36.2 Å². The zero-order chi connectivity index (χ0) is 17.0. The molecule has 0 heterocycles. The third-order valence-corrected chi connectivity index (χ3v) is 3.35. The van der Waals surface area contributed by atoms with Gasteiger partial charge in [0.2, 0.25) is 0 Å². The van der Waals surface area contributed by atoms with Gasteiger partial charge in [-0.1, -0.05) is 6.07 Å². The van der Waals surface area contributed by atoms with Gasteiger partial charge in [-0.3, -0.25) is 10.1 Å². The van der Waals surface area contributed by atoms with Gasteiger partial charge in [-0.25, -0.2) is 4.39 Å². The lowest BCUT2D eigenvalue weighted by molar-refractivity contribution is -0.385. The van der Waals surface area contributed by atoms with Crippen molar-refractivity contribution in [3.05, 3.63) is 63.5 Å². The van der Waals surface area contributed by atoms with Crippen molar-refractivity contribution in [3.8, 4) is 11.5 Å². The highest BCUT2D eigenvalue weighted by Crippen LogP contribution is 2.32. The minimum absolute atomic E-state index is 0.0966. The van der Waals surface area contributed by atoms with E-state index in [9.17, 15) is 19.6 Å². The number of rotatable bonds is 6. The summed E-state index contributed by atoms with van der Waals surface area (Å²) in [5.41, 5.74) is 1.04. The van der Waals surface area contributed by atoms with Crippen LogP contribution in [-0.4, -0.2) is 23.7 Å². The van der Waals surface area contributed by atoms with E-state index in [1.54, 1.807) is 6.92 Å². The molecular formula is C16H16FNO5. The summed E-state index contributed by atoms with van der Waals surface area (Å²) < 4.78 is 23.6. The van der Waals surface area contributed by atoms with Gasteiger partial charge in [0.05, 0.1) is 18.1 Å². The molecular weight excluding hydrogens is 305 g/mol. The van der Waals surface area contributed by atoms with Gasteiger partial charge < -0.3 is 14.6 Å². The zero-order valence-electron chi connectivity index (χ0n) is 12.7. The topological polar surface area (TPSA) is 81.8 Å². The molecule has 6 nitrogen and oxygen atoms in total. The molecule has 0 aliphatic heterocycles. The van der Waals surface area contributed by atoms with Crippen LogP contribution >= 0.6 is 0 Å². The number of nitrogens with zero attached hydrogens (tertiary/aromatic N) is 1. The van der Waals surface area contributed by atoms with Crippen LogP contribution in [0.1, 0.15) is 17.2 Å². The highest BCUT2D eigenvalue weighted by Gasteiger charge is 2.16. The molecule has 23 heavy (non-hydrogen) atoms. The first-order chi connectivity index (χ1) is 10.9. The van der Waals surface area contributed by atoms with Crippen LogP contribution in [0, 0.1) is 22.9 Å². The number of nitro groups is 1. The van der Waals surface area contributed by atoms with Crippen LogP contribution < -0.4 is 9.47 Å². The molecule has 2 aromatic carbocycles. The molecule has 0 saturated heterocycles. The fourth-order valence-electron chi connectivity index (χ4n) is 2.16. The van der Waals surface area contributed by atoms with E-state index in [1.807, 2.05) is 0 Å². The van der Waals surface area contributed by atoms with E-state index < -0.39 is 11.0 Å². The number of methoxy groups -OCH3 is 1. The summed E-state index contributed by atoms with van der Waals surface area (Å²) in [7, 11) is 1.37. The van der Waals surface area contributed by atoms with E-state index in [0.29, 0.717) is 11.1 Å². The van der Waals surface area contributed by atoms with E-state index >= 15 is 0 Å². The number of nitro benzene ring substituents is 1. The third kappa shape index (κ3) is 3.95. The first-order valence-electron chi connectivity index (χ1n) is 6.81. The number of aryl methyl sites for hydroxylation is 1. The Labute approximate surface area is 132 Å². The molecule has 0 amide bonds. The predicted molar refractivity (Wildman–Crippen MR) is 81.2 cm³/mol. The minimum Gasteiger partial charge on any atom is -0.493 e. The second-order valence-electron chi connectivity index (χ2n) is 4.92. The van der Waals surface area contributed by atoms with Crippen LogP contribution in [0.15, 0.2) is 36.4 Å². The van der Waals surface area contributed by atoms with Crippen molar-refractivity contribution in [2.24, 2.45) is 0 Å². The molecule has 7 heteroatoms. The van der Waals surface area contributed by atoms with E-state index in [0.717, 1.165) is 0 Å². The number of benzene rings is 2. The quantitative estimate of drug-likeness (QED) is 0.653. The summed E-state index contributed by atoms with van der Waals surface area (Å²) in [4.78, 5) is 10.2. The fraction of sp³-hybridized carbons (Fsp3) is 0.250. The van der Waals surface area contributed by atoms with Crippen LogP contribution in [0.4, 0.5) is 10.1 Å². The second-order valence-corrected chi connectivity index (χ2v) is 4.92. The molecule has 0 aliphatic rings. The van der Waals surface area contributed by atoms with Gasteiger partial charge in [0, 0.05) is 6.07 Å². The van der Waals surface area contributed by atoms with Gasteiger partial charge in [0.1, 0.15) is 18.5 Å². The Morgan fingerprint density at radius 2 is 2.00 bits per heavy atom. The molecule has 0 spiro atoms. The summed E-state index contributed by atoms with van der Waals surface area (Å²) in [6.45, 7) is 1.59. The number of non-ortho nitro benzene ring substituents is 1. The maximum absolute atomic E-state index is 13.1. The predicted octanol–water partition coefficient (Wildman–Crippen LogP) is 3.16. The molecule has 0 aromatic heterocycles. The number of hydrogen-bond donors (Lipinski definition) is 1. The molecule has 2 aromatic rings. The SMILES string of the molecule is COc1cc([N+](=O)[O-])ccc1OCC(O)c1ccc(F)cc1C. The molecule has 122 valence electrons. The molecule has 1 atom stereocenters. The number of ether oxygens (including phenoxy) is 2. The molecule has 0 saturated carbocycles. The second kappa shape index (κ2) is 7.06. The minimum atomic E-state index is -0.963. The summed E-state index contributed by atoms with van der Waals surface area (Å²) >= 11 is 0. The van der Waals surface area contributed by atoms with Gasteiger partial charge in [-0.15, -0.1) is 0 Å². The van der Waals surface area contributed by atoms with Crippen molar-refractivity contribution >= 4 is 5.69 Å². The molecule has 2 rings (SSSR count). The van der Waals surface area contributed by atoms with Crippen LogP contribution in [0.25, 0.3) is 0 Å². The Hall–Kier alpha value is -2.67. The van der Waals surface area contributed by atoms with Crippen LogP contribution in [-0.2, 0) is 0 Å². The van der Waals surface area contributed by atoms with E-state index in [4.69, 9.17) is 9.47 Å². The molecule has 0 aliphatic carbocycles. The zero-order valence-corrected chi connectivity index (χ0v) is 12.7. The first kappa shape index (κ1) is 16.7. The summed E-state index contributed by atoms with van der Waals surface area (Å²) in [5.74, 6) is 0.0931. The van der Waals surface area contributed by atoms with Crippen molar-refractivity contribution in [2.45, 2.75) is 13.0 Å². The fourth-order valence-corrected chi connectivity index (χ4v) is 2.16. The Bertz CT molecular complexity index is 720. The standard InChI is InChI=1S/C16H16FNO5/c1-10-7-11(17)3-5-13(10)14(19)9-23-15-6-4-12(18(20)21)8-16(15)22-2/h3-8,14,19H,9H2,1-2H3. The highest BCUT2D eigenvalue weighted by atomic mass is 19.1. The highest BCUT2D eigenvalue weighted by molar-refractivity contribution is 5.48. The Balaban J connectivity index is 2.12. The number of aliphatic hydroxyl groups is 1. The average Bonchev–Trinajstić information content (AvgIpc) is 2.52. The number of aliphatic hydroxyl groups excluding tert-OH is 1. The van der Waals surface area contributed by atoms with Gasteiger partial charge in [0.15, 0.2) is 11.5 Å². The summed E-state index contributed by atoms with van der Waals surface area (Å²) in [6, 6.07) is 8.01. The maximum atomic E-state index is 13.1. The number of halogens is 1. The average molecular weight is 321 g/mol. The first-order valence-corrected chi connectivity index (χ1v) is 6.81.